The number of guanidine groups is 1. The van der Waals surface area contributed by atoms with Crippen LogP contribution in [0.25, 0.3) is 0 Å². The molecule has 1 fully saturated rings. The molecule has 0 saturated carbocycles. The van der Waals surface area contributed by atoms with Gasteiger partial charge in [-0.3, -0.25) is 4.99 Å². The fourth-order valence-electron chi connectivity index (χ4n) is 2.58. The van der Waals surface area contributed by atoms with Crippen LogP contribution in [-0.4, -0.2) is 87.4 Å². The largest absolute Gasteiger partial charge is 0.364 e. The Morgan fingerprint density at radius 3 is 2.34 bits per heavy atom. The Labute approximate surface area is 190 Å². The summed E-state index contributed by atoms with van der Waals surface area (Å²) in [6.45, 7) is 7.53. The average Bonchev–Trinajstić information content (AvgIpc) is 3.10. The molecule has 0 amide bonds. The number of aliphatic imine (C=N–C) groups is 1. The molecule has 0 spiro atoms. The highest BCUT2D eigenvalue weighted by Crippen LogP contribution is 2.16. The fourth-order valence-corrected chi connectivity index (χ4v) is 4.30. The molecule has 1 aliphatic heterocycles. The molecule has 0 aromatic carbocycles. The summed E-state index contributed by atoms with van der Waals surface area (Å²) in [5.74, 6) is 0.396. The van der Waals surface area contributed by atoms with Crippen molar-refractivity contribution in [2.75, 3.05) is 45.5 Å². The highest BCUT2D eigenvalue weighted by atomic mass is 127. The van der Waals surface area contributed by atoms with Crippen molar-refractivity contribution in [3.05, 3.63) is 18.0 Å². The molecule has 0 unspecified atom stereocenters. The first kappa shape index (κ1) is 26.1. The Kier molecular flexibility index (Phi) is 9.36. The quantitative estimate of drug-likeness (QED) is 0.290. The summed E-state index contributed by atoms with van der Waals surface area (Å²) in [5, 5.41) is 6.82. The van der Waals surface area contributed by atoms with Crippen molar-refractivity contribution in [1.29, 1.82) is 0 Å². The lowest BCUT2D eigenvalue weighted by molar-refractivity contribution is 0.259. The second-order valence-corrected chi connectivity index (χ2v) is 12.0. The summed E-state index contributed by atoms with van der Waals surface area (Å²) in [5.41, 5.74) is 0.375. The Bertz CT molecular complexity index is 877. The number of nitrogens with zero attached hydrogens (tertiary/aromatic N) is 4. The zero-order valence-electron chi connectivity index (χ0n) is 17.2. The average molecular weight is 563 g/mol. The molecule has 1 aromatic heterocycles. The third-order valence-electron chi connectivity index (χ3n) is 4.70. The van der Waals surface area contributed by atoms with Gasteiger partial charge in [-0.25, -0.2) is 16.8 Å². The van der Waals surface area contributed by atoms with Gasteiger partial charge in [0.2, 0.25) is 10.0 Å². The highest BCUT2D eigenvalue weighted by molar-refractivity contribution is 14.0. The monoisotopic (exact) mass is 563 g/mol. The number of halogens is 1. The Morgan fingerprint density at radius 2 is 1.86 bits per heavy atom. The van der Waals surface area contributed by atoms with Crippen LogP contribution in [0.4, 0.5) is 0 Å². The number of hydrogen-bond donors (Lipinski definition) is 1. The lowest BCUT2D eigenvalue weighted by atomic mass is 10.2. The first-order valence-electron chi connectivity index (χ1n) is 9.06. The molecule has 168 valence electrons. The van der Waals surface area contributed by atoms with E-state index in [4.69, 9.17) is 4.52 Å². The molecule has 0 bridgehead atoms. The van der Waals surface area contributed by atoms with E-state index in [9.17, 15) is 16.8 Å². The SMILES string of the molecule is CCNC(=NCC(C)(C)S(C)(=O)=O)N1CCN(S(=O)(=O)Cc2ccon2)CC1.I. The maximum absolute atomic E-state index is 12.5. The van der Waals surface area contributed by atoms with Gasteiger partial charge in [0.25, 0.3) is 0 Å². The first-order chi connectivity index (χ1) is 13.0. The van der Waals surface area contributed by atoms with Gasteiger partial charge in [-0.1, -0.05) is 5.16 Å². The predicted molar refractivity (Wildman–Crippen MR) is 123 cm³/mol. The van der Waals surface area contributed by atoms with Gasteiger partial charge in [-0.15, -0.1) is 24.0 Å². The summed E-state index contributed by atoms with van der Waals surface area (Å²) in [6.07, 6.45) is 2.55. The summed E-state index contributed by atoms with van der Waals surface area (Å²) < 4.78 is 54.0. The number of aromatic nitrogens is 1. The molecule has 0 atom stereocenters. The van der Waals surface area contributed by atoms with Crippen LogP contribution in [0.3, 0.4) is 0 Å². The minimum absolute atomic E-state index is 0. The second-order valence-electron chi connectivity index (χ2n) is 7.34. The van der Waals surface area contributed by atoms with Crippen LogP contribution in [0.1, 0.15) is 26.5 Å². The topological polar surface area (TPSA) is 125 Å². The van der Waals surface area contributed by atoms with Gasteiger partial charge in [0.05, 0.1) is 17.0 Å². The van der Waals surface area contributed by atoms with E-state index in [1.54, 1.807) is 13.8 Å². The molecule has 10 nitrogen and oxygen atoms in total. The first-order valence-corrected chi connectivity index (χ1v) is 12.6. The molecule has 1 aliphatic rings. The molecular weight excluding hydrogens is 533 g/mol. The van der Waals surface area contributed by atoms with Crippen LogP contribution in [0.2, 0.25) is 0 Å². The smallest absolute Gasteiger partial charge is 0.220 e. The molecule has 0 radical (unpaired) electrons. The third-order valence-corrected chi connectivity index (χ3v) is 8.65. The second kappa shape index (κ2) is 10.4. The van der Waals surface area contributed by atoms with Gasteiger partial charge in [0.1, 0.15) is 12.0 Å². The van der Waals surface area contributed by atoms with Crippen molar-refractivity contribution in [3.63, 3.8) is 0 Å². The van der Waals surface area contributed by atoms with Crippen LogP contribution >= 0.6 is 24.0 Å². The number of rotatable bonds is 7. The van der Waals surface area contributed by atoms with E-state index in [0.29, 0.717) is 44.4 Å². The zero-order chi connectivity index (χ0) is 21.0. The Balaban J connectivity index is 0.00000420. The van der Waals surface area contributed by atoms with E-state index in [1.165, 1.54) is 22.9 Å². The molecule has 0 aliphatic carbocycles. The van der Waals surface area contributed by atoms with Crippen molar-refractivity contribution >= 4 is 49.8 Å². The maximum atomic E-state index is 12.5. The number of hydrogen-bond acceptors (Lipinski definition) is 7. The lowest BCUT2D eigenvalue weighted by Gasteiger charge is -2.36. The summed E-state index contributed by atoms with van der Waals surface area (Å²) >= 11 is 0. The molecule has 1 aromatic rings. The number of piperazine rings is 1. The number of sulfone groups is 1. The van der Waals surface area contributed by atoms with Crippen LogP contribution in [-0.2, 0) is 25.6 Å². The molecule has 2 heterocycles. The van der Waals surface area contributed by atoms with E-state index in [-0.39, 0.29) is 36.3 Å². The maximum Gasteiger partial charge on any atom is 0.220 e. The molecule has 13 heteroatoms. The lowest BCUT2D eigenvalue weighted by Crippen LogP contribution is -2.54. The number of sulfonamides is 1. The normalized spacial score (nSPS) is 17.1. The van der Waals surface area contributed by atoms with Gasteiger partial charge in [-0.2, -0.15) is 4.31 Å². The van der Waals surface area contributed by atoms with Gasteiger partial charge in [0, 0.05) is 45.0 Å². The summed E-state index contributed by atoms with van der Waals surface area (Å²) in [4.78, 5) is 6.43. The van der Waals surface area contributed by atoms with E-state index in [2.05, 4.69) is 15.5 Å². The standard InChI is InChI=1S/C16H29N5O5S2.HI/c1-5-17-15(18-13-16(2,3)27(4,22)23)20-7-9-21(10-8-20)28(24,25)12-14-6-11-26-19-14;/h6,11H,5,7-10,12-13H2,1-4H3,(H,17,18);1H. The Hall–Kier alpha value is -0.930. The molecule has 1 saturated heterocycles. The summed E-state index contributed by atoms with van der Waals surface area (Å²) in [6, 6.07) is 1.53. The van der Waals surface area contributed by atoms with E-state index in [1.807, 2.05) is 11.8 Å². The molecule has 2 rings (SSSR count). The van der Waals surface area contributed by atoms with Crippen LogP contribution < -0.4 is 5.32 Å². The molecule has 1 N–H and O–H groups in total. The minimum Gasteiger partial charge on any atom is -0.364 e. The number of nitrogens with one attached hydrogen (secondary N) is 1. The van der Waals surface area contributed by atoms with E-state index in [0.717, 1.165) is 0 Å². The summed E-state index contributed by atoms with van der Waals surface area (Å²) in [7, 11) is -6.73. The van der Waals surface area contributed by atoms with Crippen LogP contribution in [0, 0.1) is 0 Å². The highest BCUT2D eigenvalue weighted by Gasteiger charge is 2.32. The molecule has 29 heavy (non-hydrogen) atoms. The van der Waals surface area contributed by atoms with Gasteiger partial charge >= 0.3 is 0 Å². The fraction of sp³-hybridized carbons (Fsp3) is 0.750. The van der Waals surface area contributed by atoms with Crippen LogP contribution in [0.5, 0.6) is 0 Å². The zero-order valence-corrected chi connectivity index (χ0v) is 21.1. The van der Waals surface area contributed by atoms with Gasteiger partial charge in [0.15, 0.2) is 15.8 Å². The third kappa shape index (κ3) is 7.07. The van der Waals surface area contributed by atoms with Crippen molar-refractivity contribution in [2.24, 2.45) is 4.99 Å². The van der Waals surface area contributed by atoms with Crippen LogP contribution in [0.15, 0.2) is 21.8 Å². The van der Waals surface area contributed by atoms with Crippen molar-refractivity contribution in [2.45, 2.75) is 31.3 Å². The van der Waals surface area contributed by atoms with Crippen molar-refractivity contribution in [3.8, 4) is 0 Å². The van der Waals surface area contributed by atoms with Gasteiger partial charge in [-0.05, 0) is 20.8 Å². The van der Waals surface area contributed by atoms with Crippen molar-refractivity contribution < 1.29 is 21.4 Å². The van der Waals surface area contributed by atoms with E-state index >= 15 is 0 Å². The minimum atomic E-state index is -3.48. The Morgan fingerprint density at radius 1 is 1.24 bits per heavy atom. The molecular formula is C16H30IN5O5S2. The van der Waals surface area contributed by atoms with Gasteiger partial charge < -0.3 is 14.7 Å². The van der Waals surface area contributed by atoms with E-state index < -0.39 is 24.6 Å². The van der Waals surface area contributed by atoms with Crippen molar-refractivity contribution in [1.82, 2.24) is 19.7 Å². The predicted octanol–water partition coefficient (Wildman–Crippen LogP) is 0.529.